The number of H-pyrrole nitrogens is 1. The van der Waals surface area contributed by atoms with Crippen LogP contribution in [0, 0.1) is 0 Å². The Morgan fingerprint density at radius 3 is 2.29 bits per heavy atom. The van der Waals surface area contributed by atoms with Crippen LogP contribution < -0.4 is 11.2 Å². The van der Waals surface area contributed by atoms with Crippen LogP contribution in [0.4, 0.5) is 4.39 Å². The minimum absolute atomic E-state index is 0.0379. The first-order valence-electron chi connectivity index (χ1n) is 18.8. The standard InChI is InChI=1S/C35H63FN3O10PS2/c1-26(2)39(27(3)4)50(49-32-28(5)48-33(31(32)36)38-16-14-30(41)37-34(38)42)47-18-9-10-25-51-52-35(6,7)15-13-29(40)12-11-17-44-21-22-46-24-23-45-20-19-43-8/h14,16,26-28,31-33H,9-13,15,17-25H2,1-8H3,(H,37,41,42)/i5D. The molecule has 0 radical (unpaired) electrons. The fourth-order valence-electron chi connectivity index (χ4n) is 5.17. The Labute approximate surface area is 319 Å². The maximum atomic E-state index is 15.9. The fourth-order valence-corrected chi connectivity index (χ4v) is 9.69. The molecule has 5 atom stereocenters. The van der Waals surface area contributed by atoms with Crippen LogP contribution in [0.3, 0.4) is 0 Å². The van der Waals surface area contributed by atoms with Crippen molar-refractivity contribution in [3.05, 3.63) is 33.1 Å². The first kappa shape index (κ1) is 45.5. The number of Topliss-reactive ketones (excluding diaryl/α,β-unsaturated/α-hetero) is 1. The van der Waals surface area contributed by atoms with Gasteiger partial charge in [-0.1, -0.05) is 21.6 Å². The molecule has 302 valence electrons. The highest BCUT2D eigenvalue weighted by Gasteiger charge is 2.47. The average molecular weight is 801 g/mol. The van der Waals surface area contributed by atoms with Gasteiger partial charge >= 0.3 is 5.69 Å². The van der Waals surface area contributed by atoms with Crippen LogP contribution in [0.15, 0.2) is 21.9 Å². The van der Waals surface area contributed by atoms with Gasteiger partial charge in [-0.3, -0.25) is 19.1 Å². The lowest BCUT2D eigenvalue weighted by molar-refractivity contribution is -0.119. The van der Waals surface area contributed by atoms with Gasteiger partial charge in [-0.25, -0.2) is 13.9 Å². The molecule has 0 aliphatic carbocycles. The van der Waals surface area contributed by atoms with E-state index in [0.717, 1.165) is 35.6 Å². The average Bonchev–Trinajstić information content (AvgIpc) is 3.41. The van der Waals surface area contributed by atoms with E-state index in [9.17, 15) is 14.4 Å². The molecule has 2 rings (SSSR count). The first-order valence-corrected chi connectivity index (χ1v) is 21.6. The number of ketones is 1. The van der Waals surface area contributed by atoms with Gasteiger partial charge in [-0.2, -0.15) is 0 Å². The van der Waals surface area contributed by atoms with E-state index in [4.69, 9.17) is 34.1 Å². The lowest BCUT2D eigenvalue weighted by Crippen LogP contribution is -2.38. The zero-order valence-corrected chi connectivity index (χ0v) is 34.6. The monoisotopic (exact) mass is 800 g/mol. The second kappa shape index (κ2) is 26.0. The van der Waals surface area contributed by atoms with Gasteiger partial charge in [-0.05, 0) is 74.1 Å². The summed E-state index contributed by atoms with van der Waals surface area (Å²) in [6, 6.07) is 1.20. The number of rotatable bonds is 30. The number of aromatic nitrogens is 2. The summed E-state index contributed by atoms with van der Waals surface area (Å²) in [5.74, 6) is 1.16. The number of hydrogen-bond acceptors (Lipinski definition) is 13. The number of hydrogen-bond donors (Lipinski definition) is 1. The Morgan fingerprint density at radius 1 is 1.02 bits per heavy atom. The third kappa shape index (κ3) is 18.1. The molecule has 0 spiro atoms. The molecule has 52 heavy (non-hydrogen) atoms. The summed E-state index contributed by atoms with van der Waals surface area (Å²) in [6.07, 6.45) is 0.262. The Kier molecular flexibility index (Phi) is 22.8. The molecule has 1 saturated heterocycles. The number of unbranched alkanes of at least 4 members (excludes halogenated alkanes) is 1. The molecular formula is C35H63FN3O10PS2. The normalized spacial score (nSPS) is 20.3. The van der Waals surface area contributed by atoms with Crippen LogP contribution >= 0.6 is 30.1 Å². The van der Waals surface area contributed by atoms with Gasteiger partial charge < -0.3 is 32.7 Å². The van der Waals surface area contributed by atoms with Crippen LogP contribution in [0.25, 0.3) is 0 Å². The third-order valence-corrected chi connectivity index (χ3v) is 13.4. The number of nitrogens with zero attached hydrogens (tertiary/aromatic N) is 2. The third-order valence-electron chi connectivity index (χ3n) is 7.89. The molecule has 0 bridgehead atoms. The molecule has 1 aromatic rings. The lowest BCUT2D eigenvalue weighted by Gasteiger charge is -2.37. The summed E-state index contributed by atoms with van der Waals surface area (Å²) in [5, 5.41) is 0. The number of alkyl halides is 1. The van der Waals surface area contributed by atoms with Crippen molar-refractivity contribution >= 4 is 35.9 Å². The van der Waals surface area contributed by atoms with Gasteiger partial charge in [0.15, 0.2) is 12.4 Å². The molecule has 0 amide bonds. The van der Waals surface area contributed by atoms with Gasteiger partial charge in [0.25, 0.3) is 14.1 Å². The van der Waals surface area contributed by atoms with Crippen molar-refractivity contribution in [1.29, 1.82) is 0 Å². The molecule has 1 aliphatic heterocycles. The van der Waals surface area contributed by atoms with Crippen molar-refractivity contribution < 1.29 is 43.3 Å². The fraction of sp³-hybridized carbons (Fsp3) is 0.857. The number of nitrogens with one attached hydrogen (secondary N) is 1. The van der Waals surface area contributed by atoms with Crippen molar-refractivity contribution in [2.75, 3.05) is 65.7 Å². The van der Waals surface area contributed by atoms with Gasteiger partial charge in [0.2, 0.25) is 0 Å². The topological polar surface area (TPSA) is 140 Å². The number of halogens is 1. The first-order chi connectivity index (χ1) is 25.3. The number of ether oxygens (including phenoxy) is 5. The molecule has 2 heterocycles. The van der Waals surface area contributed by atoms with E-state index in [1.807, 2.05) is 27.7 Å². The molecule has 1 N–H and O–H groups in total. The number of methoxy groups -OCH3 is 1. The summed E-state index contributed by atoms with van der Waals surface area (Å²) >= 11 is 0. The zero-order valence-electron chi connectivity index (χ0n) is 33.1. The predicted octanol–water partition coefficient (Wildman–Crippen LogP) is 6.31. The Bertz CT molecular complexity index is 1260. The van der Waals surface area contributed by atoms with E-state index >= 15 is 4.39 Å². The van der Waals surface area contributed by atoms with Gasteiger partial charge in [0.05, 0.1) is 52.4 Å². The summed E-state index contributed by atoms with van der Waals surface area (Å²) < 4.78 is 66.5. The number of carbonyl (C=O) groups is 1. The zero-order chi connectivity index (χ0) is 39.2. The van der Waals surface area contributed by atoms with Crippen molar-refractivity contribution in [3.63, 3.8) is 0 Å². The maximum Gasteiger partial charge on any atom is 0.330 e. The molecule has 13 nitrogen and oxygen atoms in total. The summed E-state index contributed by atoms with van der Waals surface area (Å²) in [5.41, 5.74) is -1.39. The van der Waals surface area contributed by atoms with Crippen molar-refractivity contribution in [3.8, 4) is 0 Å². The summed E-state index contributed by atoms with van der Waals surface area (Å²) in [7, 11) is 3.49. The van der Waals surface area contributed by atoms with E-state index < -0.39 is 44.4 Å². The van der Waals surface area contributed by atoms with Crippen LogP contribution in [0.1, 0.15) is 94.6 Å². The summed E-state index contributed by atoms with van der Waals surface area (Å²) in [4.78, 5) is 38.5. The van der Waals surface area contributed by atoms with Crippen molar-refractivity contribution in [2.45, 2.75) is 128 Å². The lowest BCUT2D eigenvalue weighted by atomic mass is 10.0. The van der Waals surface area contributed by atoms with Gasteiger partial charge in [0, 0.05) is 62.8 Å². The SMILES string of the molecule is [2H]CC1OC(n2ccc(=O)[nH]c2=O)C(F)C1OP(OCCCCSSC(C)(C)CCC(=O)CCCOCCOCCOCCOC)N(C(C)C)C(C)C. The molecule has 1 fully saturated rings. The smallest absolute Gasteiger partial charge is 0.330 e. The largest absolute Gasteiger partial charge is 0.382 e. The van der Waals surface area contributed by atoms with Crippen LogP contribution in [0.2, 0.25) is 0 Å². The van der Waals surface area contributed by atoms with Gasteiger partial charge in [-0.15, -0.1) is 0 Å². The molecule has 1 aromatic heterocycles. The van der Waals surface area contributed by atoms with E-state index in [1.54, 1.807) is 28.7 Å². The van der Waals surface area contributed by atoms with Crippen LogP contribution in [-0.2, 0) is 37.5 Å². The maximum absolute atomic E-state index is 15.9. The second-order valence-corrected chi connectivity index (χ2v) is 18.1. The van der Waals surface area contributed by atoms with E-state index in [0.29, 0.717) is 72.1 Å². The van der Waals surface area contributed by atoms with E-state index in [2.05, 4.69) is 23.5 Å². The van der Waals surface area contributed by atoms with Crippen molar-refractivity contribution in [1.82, 2.24) is 14.2 Å². The summed E-state index contributed by atoms with van der Waals surface area (Å²) in [6.45, 7) is 16.2. The van der Waals surface area contributed by atoms with E-state index in [-0.39, 0.29) is 29.5 Å². The highest BCUT2D eigenvalue weighted by molar-refractivity contribution is 8.77. The molecule has 1 aliphatic rings. The van der Waals surface area contributed by atoms with Crippen LogP contribution in [-0.4, -0.2) is 121 Å². The molecular weight excluding hydrogens is 737 g/mol. The van der Waals surface area contributed by atoms with Crippen molar-refractivity contribution in [2.24, 2.45) is 0 Å². The second-order valence-electron chi connectivity index (χ2n) is 13.6. The van der Waals surface area contributed by atoms with E-state index in [1.165, 1.54) is 6.20 Å². The number of carbonyl (C=O) groups excluding carboxylic acids is 1. The Hall–Kier alpha value is -0.910. The highest BCUT2D eigenvalue weighted by Crippen LogP contribution is 2.50. The Morgan fingerprint density at radius 2 is 1.67 bits per heavy atom. The van der Waals surface area contributed by atoms with Gasteiger partial charge in [0.1, 0.15) is 11.9 Å². The minimum Gasteiger partial charge on any atom is -0.382 e. The highest BCUT2D eigenvalue weighted by atomic mass is 33.1. The number of aromatic amines is 1. The van der Waals surface area contributed by atoms with Crippen LogP contribution in [0.5, 0.6) is 0 Å². The quantitative estimate of drug-likeness (QED) is 0.0529. The minimum atomic E-state index is -1.76. The molecule has 5 unspecified atom stereocenters. The Balaban J connectivity index is 1.70. The molecule has 0 aromatic carbocycles. The predicted molar refractivity (Wildman–Crippen MR) is 207 cm³/mol. The molecule has 17 heteroatoms. The molecule has 0 saturated carbocycles.